The van der Waals surface area contributed by atoms with E-state index in [1.54, 1.807) is 18.3 Å². The van der Waals surface area contributed by atoms with E-state index < -0.39 is 0 Å². The fourth-order valence-electron chi connectivity index (χ4n) is 2.61. The van der Waals surface area contributed by atoms with Gasteiger partial charge in [-0.25, -0.2) is 0 Å². The molecule has 1 aromatic carbocycles. The first-order chi connectivity index (χ1) is 10.6. The number of anilines is 1. The lowest BCUT2D eigenvalue weighted by atomic mass is 10.1. The first-order valence-corrected chi connectivity index (χ1v) is 7.33. The Balaban J connectivity index is 1.95. The van der Waals surface area contributed by atoms with Gasteiger partial charge in [-0.15, -0.1) is 0 Å². The monoisotopic (exact) mass is 318 g/mol. The standard InChI is InChI=1S/C15H15ClN4O2/c16-13-12(19-7-6-10(9-19)14(17)21)8-18-20(15(13)22)11-4-2-1-3-5-11/h1-5,8,10H,6-7,9H2,(H2,17,21)/t10-/m0/s1. The zero-order valence-corrected chi connectivity index (χ0v) is 12.5. The summed E-state index contributed by atoms with van der Waals surface area (Å²) >= 11 is 6.22. The summed E-state index contributed by atoms with van der Waals surface area (Å²) < 4.78 is 1.26. The Labute approximate surface area is 132 Å². The third-order valence-corrected chi connectivity index (χ3v) is 4.19. The van der Waals surface area contributed by atoms with Gasteiger partial charge in [0.05, 0.1) is 23.5 Å². The fourth-order valence-corrected chi connectivity index (χ4v) is 2.86. The Morgan fingerprint density at radius 3 is 2.68 bits per heavy atom. The number of hydrogen-bond donors (Lipinski definition) is 1. The van der Waals surface area contributed by atoms with E-state index in [0.717, 1.165) is 0 Å². The largest absolute Gasteiger partial charge is 0.369 e. The van der Waals surface area contributed by atoms with Gasteiger partial charge in [-0.2, -0.15) is 9.78 Å². The number of nitrogens with two attached hydrogens (primary N) is 1. The van der Waals surface area contributed by atoms with E-state index in [4.69, 9.17) is 17.3 Å². The second-order valence-electron chi connectivity index (χ2n) is 5.23. The van der Waals surface area contributed by atoms with E-state index in [0.29, 0.717) is 30.9 Å². The van der Waals surface area contributed by atoms with Crippen molar-refractivity contribution in [1.29, 1.82) is 0 Å². The molecule has 6 nitrogen and oxygen atoms in total. The minimum absolute atomic E-state index is 0.101. The predicted molar refractivity (Wildman–Crippen MR) is 84.4 cm³/mol. The highest BCUT2D eigenvalue weighted by molar-refractivity contribution is 6.33. The molecule has 0 aliphatic carbocycles. The summed E-state index contributed by atoms with van der Waals surface area (Å²) in [7, 11) is 0. The number of rotatable bonds is 3. The first kappa shape index (κ1) is 14.6. The van der Waals surface area contributed by atoms with Crippen LogP contribution >= 0.6 is 11.6 Å². The summed E-state index contributed by atoms with van der Waals surface area (Å²) in [4.78, 5) is 25.5. The molecule has 2 aromatic rings. The van der Waals surface area contributed by atoms with Crippen LogP contribution in [0.3, 0.4) is 0 Å². The number of benzene rings is 1. The van der Waals surface area contributed by atoms with E-state index in [9.17, 15) is 9.59 Å². The molecule has 1 aromatic heterocycles. The van der Waals surface area contributed by atoms with E-state index in [1.807, 2.05) is 23.1 Å². The zero-order valence-electron chi connectivity index (χ0n) is 11.8. The number of amides is 1. The molecule has 1 atom stereocenters. The minimum Gasteiger partial charge on any atom is -0.369 e. The van der Waals surface area contributed by atoms with Crippen molar-refractivity contribution in [2.75, 3.05) is 18.0 Å². The quantitative estimate of drug-likeness (QED) is 0.922. The number of aromatic nitrogens is 2. The number of carbonyl (C=O) groups is 1. The van der Waals surface area contributed by atoms with Crippen molar-refractivity contribution < 1.29 is 4.79 Å². The maximum atomic E-state index is 12.4. The third-order valence-electron chi connectivity index (χ3n) is 3.83. The van der Waals surface area contributed by atoms with Crippen LogP contribution in [0.15, 0.2) is 41.3 Å². The summed E-state index contributed by atoms with van der Waals surface area (Å²) in [6.45, 7) is 1.09. The molecule has 1 saturated heterocycles. The van der Waals surface area contributed by atoms with E-state index >= 15 is 0 Å². The molecule has 0 saturated carbocycles. The van der Waals surface area contributed by atoms with Crippen molar-refractivity contribution in [2.45, 2.75) is 6.42 Å². The smallest absolute Gasteiger partial charge is 0.292 e. The molecule has 2 heterocycles. The minimum atomic E-state index is -0.382. The lowest BCUT2D eigenvalue weighted by Crippen LogP contribution is -2.30. The Morgan fingerprint density at radius 2 is 2.05 bits per heavy atom. The molecular weight excluding hydrogens is 304 g/mol. The molecule has 1 fully saturated rings. The van der Waals surface area contributed by atoms with E-state index in [2.05, 4.69) is 5.10 Å². The van der Waals surface area contributed by atoms with Gasteiger partial charge in [0.25, 0.3) is 5.56 Å². The second-order valence-corrected chi connectivity index (χ2v) is 5.61. The van der Waals surface area contributed by atoms with Crippen LogP contribution in [0.2, 0.25) is 5.02 Å². The van der Waals surface area contributed by atoms with Crippen molar-refractivity contribution in [3.05, 3.63) is 51.9 Å². The molecule has 0 bridgehead atoms. The number of para-hydroxylation sites is 1. The highest BCUT2D eigenvalue weighted by atomic mass is 35.5. The number of hydrogen-bond acceptors (Lipinski definition) is 4. The second kappa shape index (κ2) is 5.81. The molecule has 0 unspecified atom stereocenters. The van der Waals surface area contributed by atoms with Crippen molar-refractivity contribution in [3.63, 3.8) is 0 Å². The van der Waals surface area contributed by atoms with Gasteiger partial charge in [0.15, 0.2) is 0 Å². The van der Waals surface area contributed by atoms with Crippen LogP contribution in [0.1, 0.15) is 6.42 Å². The third kappa shape index (κ3) is 2.57. The van der Waals surface area contributed by atoms with Crippen LogP contribution in [0.4, 0.5) is 5.69 Å². The van der Waals surface area contributed by atoms with Gasteiger partial charge < -0.3 is 10.6 Å². The molecule has 1 aliphatic rings. The molecular formula is C15H15ClN4O2. The van der Waals surface area contributed by atoms with Crippen molar-refractivity contribution in [1.82, 2.24) is 9.78 Å². The lowest BCUT2D eigenvalue weighted by molar-refractivity contribution is -0.121. The fraction of sp³-hybridized carbons (Fsp3) is 0.267. The molecule has 0 spiro atoms. The van der Waals surface area contributed by atoms with E-state index in [-0.39, 0.29) is 22.4 Å². The summed E-state index contributed by atoms with van der Waals surface area (Å²) in [6, 6.07) is 9.07. The Kier molecular flexibility index (Phi) is 3.85. The number of nitrogens with zero attached hydrogens (tertiary/aromatic N) is 3. The molecule has 3 rings (SSSR count). The van der Waals surface area contributed by atoms with Crippen LogP contribution in [0.25, 0.3) is 5.69 Å². The van der Waals surface area contributed by atoms with Crippen LogP contribution in [-0.2, 0) is 4.79 Å². The molecule has 114 valence electrons. The predicted octanol–water partition coefficient (Wildman–Crippen LogP) is 1.20. The summed E-state index contributed by atoms with van der Waals surface area (Å²) in [5.74, 6) is -0.545. The van der Waals surface area contributed by atoms with Crippen LogP contribution in [-0.4, -0.2) is 28.8 Å². The van der Waals surface area contributed by atoms with Crippen molar-refractivity contribution in [3.8, 4) is 5.69 Å². The molecule has 0 radical (unpaired) electrons. The first-order valence-electron chi connectivity index (χ1n) is 6.95. The van der Waals surface area contributed by atoms with Gasteiger partial charge in [0, 0.05) is 13.1 Å². The Bertz CT molecular complexity index is 760. The van der Waals surface area contributed by atoms with Crippen LogP contribution < -0.4 is 16.2 Å². The average Bonchev–Trinajstić information content (AvgIpc) is 3.01. The molecule has 2 N–H and O–H groups in total. The summed E-state index contributed by atoms with van der Waals surface area (Å²) in [5, 5.41) is 4.29. The summed E-state index contributed by atoms with van der Waals surface area (Å²) in [5.41, 5.74) is 6.14. The Morgan fingerprint density at radius 1 is 1.32 bits per heavy atom. The zero-order chi connectivity index (χ0) is 15.7. The highest BCUT2D eigenvalue weighted by Gasteiger charge is 2.28. The maximum absolute atomic E-state index is 12.4. The normalized spacial score (nSPS) is 17.7. The highest BCUT2D eigenvalue weighted by Crippen LogP contribution is 2.27. The lowest BCUT2D eigenvalue weighted by Gasteiger charge is -2.19. The molecule has 7 heteroatoms. The van der Waals surface area contributed by atoms with E-state index in [1.165, 1.54) is 4.68 Å². The van der Waals surface area contributed by atoms with Gasteiger partial charge in [0.2, 0.25) is 5.91 Å². The molecule has 1 amide bonds. The SMILES string of the molecule is NC(=O)[C@H]1CCN(c2cnn(-c3ccccc3)c(=O)c2Cl)C1. The van der Waals surface area contributed by atoms with Gasteiger partial charge in [-0.05, 0) is 18.6 Å². The average molecular weight is 319 g/mol. The van der Waals surface area contributed by atoms with Crippen molar-refractivity contribution >= 4 is 23.2 Å². The van der Waals surface area contributed by atoms with Crippen LogP contribution in [0, 0.1) is 5.92 Å². The number of halogens is 1. The van der Waals surface area contributed by atoms with Crippen LogP contribution in [0.5, 0.6) is 0 Å². The summed E-state index contributed by atoms with van der Waals surface area (Å²) in [6.07, 6.45) is 2.22. The number of primary amides is 1. The van der Waals surface area contributed by atoms with Gasteiger partial charge in [0.1, 0.15) is 5.02 Å². The molecule has 1 aliphatic heterocycles. The van der Waals surface area contributed by atoms with Gasteiger partial charge >= 0.3 is 0 Å². The molecule has 22 heavy (non-hydrogen) atoms. The number of carbonyl (C=O) groups excluding carboxylic acids is 1. The topological polar surface area (TPSA) is 81.2 Å². The van der Waals surface area contributed by atoms with Gasteiger partial charge in [-0.1, -0.05) is 29.8 Å². The maximum Gasteiger partial charge on any atom is 0.292 e. The van der Waals surface area contributed by atoms with Gasteiger partial charge in [-0.3, -0.25) is 9.59 Å². The van der Waals surface area contributed by atoms with Crippen molar-refractivity contribution in [2.24, 2.45) is 11.7 Å². The Hall–Kier alpha value is -2.34.